The quantitative estimate of drug-likeness (QED) is 0.312. The van der Waals surface area contributed by atoms with Crippen molar-refractivity contribution >= 4 is 11.8 Å². The van der Waals surface area contributed by atoms with Gasteiger partial charge in [-0.25, -0.2) is 13.7 Å². The molecule has 5 nitrogen and oxygen atoms in total. The van der Waals surface area contributed by atoms with Crippen LogP contribution in [0.3, 0.4) is 0 Å². The predicted molar refractivity (Wildman–Crippen MR) is 140 cm³/mol. The van der Waals surface area contributed by atoms with Gasteiger partial charge in [0.1, 0.15) is 37.0 Å². The number of amides is 2. The number of ether oxygens (including phenoxy) is 1. The van der Waals surface area contributed by atoms with Crippen LogP contribution in [0.15, 0.2) is 109 Å². The molecule has 1 aliphatic heterocycles. The minimum Gasteiger partial charge on any atom is -0.457 e. The summed E-state index contributed by atoms with van der Waals surface area (Å²) in [4.78, 5) is 28.8. The van der Waals surface area contributed by atoms with Crippen LogP contribution in [0.2, 0.25) is 0 Å². The standard InChI is InChI=1S/C31H28FN2O3/c32-27-15-11-24(12-16-27)23-34(31(36)26-7-3-1-4-8-26)21-19-33(20-22-34)30(35)25-13-17-29(18-14-25)37-28-9-5-2-6-10-28/h1-18H,19-23H2/q+1. The Morgan fingerprint density at radius 3 is 1.89 bits per heavy atom. The van der Waals surface area contributed by atoms with Crippen molar-refractivity contribution in [3.8, 4) is 11.5 Å². The van der Waals surface area contributed by atoms with Crippen molar-refractivity contribution < 1.29 is 23.2 Å². The summed E-state index contributed by atoms with van der Waals surface area (Å²) in [6.45, 7) is 2.29. The van der Waals surface area contributed by atoms with Crippen molar-refractivity contribution in [2.75, 3.05) is 26.2 Å². The molecule has 0 N–H and O–H groups in total. The van der Waals surface area contributed by atoms with Gasteiger partial charge in [-0.3, -0.25) is 4.79 Å². The number of piperazine rings is 1. The Kier molecular flexibility index (Phi) is 7.10. The number of quaternary nitrogens is 1. The fourth-order valence-electron chi connectivity index (χ4n) is 4.75. The number of benzene rings is 4. The summed E-state index contributed by atoms with van der Waals surface area (Å²) in [6.07, 6.45) is 0. The molecule has 2 amide bonds. The zero-order valence-corrected chi connectivity index (χ0v) is 20.4. The normalized spacial score (nSPS) is 14.7. The van der Waals surface area contributed by atoms with Gasteiger partial charge in [-0.15, -0.1) is 0 Å². The minimum atomic E-state index is -0.305. The number of carbonyl (C=O) groups excluding carboxylic acids is 2. The smallest absolute Gasteiger partial charge is 0.346 e. The van der Waals surface area contributed by atoms with E-state index in [9.17, 15) is 14.0 Å². The Morgan fingerprint density at radius 1 is 0.703 bits per heavy atom. The summed E-state index contributed by atoms with van der Waals surface area (Å²) >= 11 is 0. The molecule has 1 fully saturated rings. The number of rotatable bonds is 6. The van der Waals surface area contributed by atoms with Crippen molar-refractivity contribution in [1.29, 1.82) is 0 Å². The van der Waals surface area contributed by atoms with Crippen LogP contribution in [0.5, 0.6) is 11.5 Å². The van der Waals surface area contributed by atoms with Crippen molar-refractivity contribution in [1.82, 2.24) is 4.90 Å². The first-order valence-electron chi connectivity index (χ1n) is 12.4. The molecule has 0 radical (unpaired) electrons. The van der Waals surface area contributed by atoms with E-state index < -0.39 is 0 Å². The summed E-state index contributed by atoms with van der Waals surface area (Å²) in [5.74, 6) is 1.03. The van der Waals surface area contributed by atoms with E-state index in [2.05, 4.69) is 0 Å². The molecule has 0 saturated carbocycles. The van der Waals surface area contributed by atoms with E-state index in [4.69, 9.17) is 4.74 Å². The lowest BCUT2D eigenvalue weighted by Crippen LogP contribution is -2.62. The molecule has 0 spiro atoms. The van der Waals surface area contributed by atoms with Gasteiger partial charge < -0.3 is 9.64 Å². The van der Waals surface area contributed by atoms with E-state index >= 15 is 0 Å². The van der Waals surface area contributed by atoms with Gasteiger partial charge in [0.15, 0.2) is 0 Å². The molecule has 1 heterocycles. The van der Waals surface area contributed by atoms with Crippen LogP contribution in [0, 0.1) is 5.82 Å². The summed E-state index contributed by atoms with van der Waals surface area (Å²) < 4.78 is 19.5. The molecular formula is C31H28FN2O3+. The van der Waals surface area contributed by atoms with Crippen molar-refractivity contribution in [2.45, 2.75) is 6.54 Å². The molecular weight excluding hydrogens is 467 g/mol. The maximum atomic E-state index is 13.7. The van der Waals surface area contributed by atoms with E-state index in [1.807, 2.05) is 60.7 Å². The maximum absolute atomic E-state index is 13.7. The number of halogens is 1. The molecule has 0 unspecified atom stereocenters. The largest absolute Gasteiger partial charge is 0.457 e. The van der Waals surface area contributed by atoms with Crippen LogP contribution in [0.25, 0.3) is 0 Å². The third-order valence-electron chi connectivity index (χ3n) is 6.81. The minimum absolute atomic E-state index is 0.0134. The lowest BCUT2D eigenvalue weighted by molar-refractivity contribution is -0.866. The average Bonchev–Trinajstić information content (AvgIpc) is 2.95. The van der Waals surface area contributed by atoms with E-state index in [1.54, 1.807) is 41.3 Å². The summed E-state index contributed by atoms with van der Waals surface area (Å²) in [6, 6.07) is 32.1. The molecule has 0 aromatic heterocycles. The lowest BCUT2D eigenvalue weighted by atomic mass is 10.1. The van der Waals surface area contributed by atoms with Gasteiger partial charge in [0.05, 0.1) is 18.7 Å². The first kappa shape index (κ1) is 24.4. The monoisotopic (exact) mass is 495 g/mol. The number of nitrogens with zero attached hydrogens (tertiary/aromatic N) is 2. The zero-order chi connectivity index (χ0) is 25.7. The van der Waals surface area contributed by atoms with Crippen LogP contribution in [-0.2, 0) is 6.54 Å². The van der Waals surface area contributed by atoms with E-state index in [0.29, 0.717) is 49.6 Å². The second-order valence-corrected chi connectivity index (χ2v) is 9.28. The van der Waals surface area contributed by atoms with Crippen molar-refractivity contribution in [3.05, 3.63) is 132 Å². The predicted octanol–water partition coefficient (Wildman–Crippen LogP) is 5.93. The zero-order valence-electron chi connectivity index (χ0n) is 20.4. The number of hydrogen-bond acceptors (Lipinski definition) is 3. The van der Waals surface area contributed by atoms with Gasteiger partial charge in [0.25, 0.3) is 5.91 Å². The molecule has 1 saturated heterocycles. The molecule has 6 heteroatoms. The number of carbonyl (C=O) groups is 2. The third-order valence-corrected chi connectivity index (χ3v) is 6.81. The van der Waals surface area contributed by atoms with Gasteiger partial charge in [0, 0.05) is 11.1 Å². The number of hydrogen-bond donors (Lipinski definition) is 0. The van der Waals surface area contributed by atoms with Gasteiger partial charge in [-0.05, 0) is 60.7 Å². The van der Waals surface area contributed by atoms with Gasteiger partial charge >= 0.3 is 5.91 Å². The Hall–Kier alpha value is -4.29. The van der Waals surface area contributed by atoms with Gasteiger partial charge in [-0.2, -0.15) is 0 Å². The fraction of sp³-hybridized carbons (Fsp3) is 0.161. The summed E-state index contributed by atoms with van der Waals surface area (Å²) in [5, 5.41) is 0. The maximum Gasteiger partial charge on any atom is 0.346 e. The highest BCUT2D eigenvalue weighted by Crippen LogP contribution is 2.25. The van der Waals surface area contributed by atoms with Crippen LogP contribution >= 0.6 is 0 Å². The molecule has 5 rings (SSSR count). The van der Waals surface area contributed by atoms with E-state index in [1.165, 1.54) is 12.1 Å². The molecule has 0 aliphatic carbocycles. The second-order valence-electron chi connectivity index (χ2n) is 9.28. The Labute approximate surface area is 215 Å². The Balaban J connectivity index is 1.30. The first-order chi connectivity index (χ1) is 18.0. The highest BCUT2D eigenvalue weighted by Gasteiger charge is 2.42. The molecule has 0 bridgehead atoms. The average molecular weight is 496 g/mol. The van der Waals surface area contributed by atoms with Crippen LogP contribution < -0.4 is 4.74 Å². The summed E-state index contributed by atoms with van der Waals surface area (Å²) in [7, 11) is 0. The van der Waals surface area contributed by atoms with Gasteiger partial charge in [0.2, 0.25) is 0 Å². The van der Waals surface area contributed by atoms with Crippen molar-refractivity contribution in [2.24, 2.45) is 0 Å². The third kappa shape index (κ3) is 5.60. The Morgan fingerprint density at radius 2 is 1.27 bits per heavy atom. The molecule has 0 atom stereocenters. The molecule has 37 heavy (non-hydrogen) atoms. The fourth-order valence-corrected chi connectivity index (χ4v) is 4.75. The Bertz CT molecular complexity index is 1350. The number of para-hydroxylation sites is 1. The van der Waals surface area contributed by atoms with Crippen LogP contribution in [-0.4, -0.2) is 47.4 Å². The van der Waals surface area contributed by atoms with Gasteiger partial charge in [-0.1, -0.05) is 48.5 Å². The summed E-state index contributed by atoms with van der Waals surface area (Å²) in [5.41, 5.74) is 2.10. The molecule has 4 aromatic carbocycles. The first-order valence-corrected chi connectivity index (χ1v) is 12.4. The van der Waals surface area contributed by atoms with Crippen molar-refractivity contribution in [3.63, 3.8) is 0 Å². The highest BCUT2D eigenvalue weighted by atomic mass is 19.1. The van der Waals surface area contributed by atoms with E-state index in [-0.39, 0.29) is 22.1 Å². The SMILES string of the molecule is O=C(c1ccc(Oc2ccccc2)cc1)N1CC[N+](Cc2ccc(F)cc2)(C(=O)c2ccccc2)CC1. The second kappa shape index (κ2) is 10.8. The van der Waals surface area contributed by atoms with Crippen LogP contribution in [0.4, 0.5) is 4.39 Å². The van der Waals surface area contributed by atoms with Crippen LogP contribution in [0.1, 0.15) is 26.3 Å². The van der Waals surface area contributed by atoms with E-state index in [0.717, 1.165) is 11.3 Å². The highest BCUT2D eigenvalue weighted by molar-refractivity contribution is 5.94. The molecule has 1 aliphatic rings. The molecule has 4 aromatic rings. The molecule has 186 valence electrons. The topological polar surface area (TPSA) is 46.6 Å². The lowest BCUT2D eigenvalue weighted by Gasteiger charge is -2.42.